The summed E-state index contributed by atoms with van der Waals surface area (Å²) >= 11 is 0. The summed E-state index contributed by atoms with van der Waals surface area (Å²) in [6.45, 7) is 8.97. The van der Waals surface area contributed by atoms with Crippen molar-refractivity contribution < 1.29 is 4.79 Å². The van der Waals surface area contributed by atoms with E-state index in [1.165, 1.54) is 19.4 Å². The van der Waals surface area contributed by atoms with E-state index in [1.54, 1.807) is 12.4 Å². The molecule has 6 heteroatoms. The molecule has 3 heterocycles. The van der Waals surface area contributed by atoms with Crippen molar-refractivity contribution in [3.63, 3.8) is 0 Å². The van der Waals surface area contributed by atoms with E-state index in [2.05, 4.69) is 28.8 Å². The highest BCUT2D eigenvalue weighted by molar-refractivity contribution is 5.96. The van der Waals surface area contributed by atoms with E-state index < -0.39 is 0 Å². The molecule has 1 saturated heterocycles. The second-order valence-electron chi connectivity index (χ2n) is 7.36. The molecule has 2 aromatic rings. The standard InChI is InChI=1S/C18H25N5O/c1-13(2)23-17-15(11-20-23)9-16(10-19-17)18(24)22-7-5-21(6-8-22)12-14-3-4-14/h9-11,13-14H,3-8,12H2,1-2H3. The number of rotatable bonds is 4. The largest absolute Gasteiger partial charge is 0.336 e. The van der Waals surface area contributed by atoms with Gasteiger partial charge in [0.05, 0.1) is 11.8 Å². The third kappa shape index (κ3) is 3.02. The molecule has 0 N–H and O–H groups in total. The Morgan fingerprint density at radius 2 is 1.96 bits per heavy atom. The number of hydrogen-bond donors (Lipinski definition) is 0. The van der Waals surface area contributed by atoms with Gasteiger partial charge in [0, 0.05) is 50.3 Å². The Balaban J connectivity index is 1.45. The van der Waals surface area contributed by atoms with Crippen molar-refractivity contribution in [2.45, 2.75) is 32.7 Å². The van der Waals surface area contributed by atoms with E-state index in [0.717, 1.165) is 43.1 Å². The van der Waals surface area contributed by atoms with E-state index in [9.17, 15) is 4.79 Å². The van der Waals surface area contributed by atoms with Crippen LogP contribution in [0.4, 0.5) is 0 Å². The lowest BCUT2D eigenvalue weighted by Crippen LogP contribution is -2.49. The minimum atomic E-state index is 0.0905. The quantitative estimate of drug-likeness (QED) is 0.864. The molecule has 1 amide bonds. The number of carbonyl (C=O) groups excluding carboxylic acids is 1. The third-order valence-corrected chi connectivity index (χ3v) is 5.04. The van der Waals surface area contributed by atoms with Crippen LogP contribution in [0, 0.1) is 5.92 Å². The Hall–Kier alpha value is -1.95. The van der Waals surface area contributed by atoms with E-state index in [-0.39, 0.29) is 11.9 Å². The maximum atomic E-state index is 12.8. The molecule has 6 nitrogen and oxygen atoms in total. The van der Waals surface area contributed by atoms with Crippen molar-refractivity contribution in [3.8, 4) is 0 Å². The molecule has 0 radical (unpaired) electrons. The molecule has 0 aromatic carbocycles. The molecular weight excluding hydrogens is 302 g/mol. The number of fused-ring (bicyclic) bond motifs is 1. The molecule has 1 aliphatic heterocycles. The van der Waals surface area contributed by atoms with Gasteiger partial charge in [0.15, 0.2) is 5.65 Å². The molecule has 1 aliphatic carbocycles. The molecule has 4 rings (SSSR count). The second kappa shape index (κ2) is 6.16. The molecule has 24 heavy (non-hydrogen) atoms. The van der Waals surface area contributed by atoms with Crippen molar-refractivity contribution in [3.05, 3.63) is 24.0 Å². The number of nitrogens with zero attached hydrogens (tertiary/aromatic N) is 5. The zero-order valence-electron chi connectivity index (χ0n) is 14.5. The lowest BCUT2D eigenvalue weighted by molar-refractivity contribution is 0.0632. The molecule has 2 fully saturated rings. The summed E-state index contributed by atoms with van der Waals surface area (Å²) in [7, 11) is 0. The molecule has 2 aliphatic rings. The Bertz CT molecular complexity index is 741. The molecule has 2 aromatic heterocycles. The van der Waals surface area contributed by atoms with Gasteiger partial charge in [-0.1, -0.05) is 0 Å². The van der Waals surface area contributed by atoms with Gasteiger partial charge in [-0.25, -0.2) is 9.67 Å². The first kappa shape index (κ1) is 15.6. The maximum absolute atomic E-state index is 12.8. The zero-order valence-corrected chi connectivity index (χ0v) is 14.5. The average molecular weight is 327 g/mol. The van der Waals surface area contributed by atoms with Crippen LogP contribution >= 0.6 is 0 Å². The van der Waals surface area contributed by atoms with Gasteiger partial charge in [-0.05, 0) is 38.7 Å². The van der Waals surface area contributed by atoms with Crippen LogP contribution in [0.3, 0.4) is 0 Å². The number of amides is 1. The minimum absolute atomic E-state index is 0.0905. The van der Waals surface area contributed by atoms with Crippen LogP contribution in [0.15, 0.2) is 18.5 Å². The van der Waals surface area contributed by atoms with Crippen LogP contribution in [-0.2, 0) is 0 Å². The number of carbonyl (C=O) groups is 1. The maximum Gasteiger partial charge on any atom is 0.255 e. The summed E-state index contributed by atoms with van der Waals surface area (Å²) in [6, 6.07) is 2.18. The lowest BCUT2D eigenvalue weighted by atomic mass is 10.2. The van der Waals surface area contributed by atoms with Crippen LogP contribution < -0.4 is 0 Å². The summed E-state index contributed by atoms with van der Waals surface area (Å²) in [5.41, 5.74) is 1.51. The van der Waals surface area contributed by atoms with Gasteiger partial charge >= 0.3 is 0 Å². The average Bonchev–Trinajstić information content (AvgIpc) is 3.29. The highest BCUT2D eigenvalue weighted by Crippen LogP contribution is 2.30. The first-order chi connectivity index (χ1) is 11.6. The van der Waals surface area contributed by atoms with Crippen molar-refractivity contribution in [2.75, 3.05) is 32.7 Å². The fourth-order valence-electron chi connectivity index (χ4n) is 3.42. The van der Waals surface area contributed by atoms with Gasteiger partial charge in [-0.15, -0.1) is 0 Å². The lowest BCUT2D eigenvalue weighted by Gasteiger charge is -2.34. The Morgan fingerprint density at radius 1 is 1.21 bits per heavy atom. The first-order valence-electron chi connectivity index (χ1n) is 8.96. The van der Waals surface area contributed by atoms with Crippen LogP contribution in [0.25, 0.3) is 11.0 Å². The van der Waals surface area contributed by atoms with Gasteiger partial charge in [0.25, 0.3) is 5.91 Å². The number of piperazine rings is 1. The van der Waals surface area contributed by atoms with Crippen LogP contribution in [0.2, 0.25) is 0 Å². The summed E-state index contributed by atoms with van der Waals surface area (Å²) in [6.07, 6.45) is 6.26. The molecule has 128 valence electrons. The fourth-order valence-corrected chi connectivity index (χ4v) is 3.42. The van der Waals surface area contributed by atoms with Crippen LogP contribution in [0.5, 0.6) is 0 Å². The number of hydrogen-bond acceptors (Lipinski definition) is 4. The van der Waals surface area contributed by atoms with Crippen LogP contribution in [0.1, 0.15) is 43.1 Å². The third-order valence-electron chi connectivity index (χ3n) is 5.04. The SMILES string of the molecule is CC(C)n1ncc2cc(C(=O)N3CCN(CC4CC4)CC3)cnc21. The number of pyridine rings is 1. The molecule has 1 saturated carbocycles. The predicted octanol–water partition coefficient (Wildman–Crippen LogP) is 2.18. The van der Waals surface area contributed by atoms with Crippen molar-refractivity contribution in [1.82, 2.24) is 24.6 Å². The summed E-state index contributed by atoms with van der Waals surface area (Å²) in [5.74, 6) is 1.00. The smallest absolute Gasteiger partial charge is 0.255 e. The van der Waals surface area contributed by atoms with Gasteiger partial charge in [0.1, 0.15) is 0 Å². The van der Waals surface area contributed by atoms with Gasteiger partial charge in [-0.3, -0.25) is 9.69 Å². The molecule has 0 unspecified atom stereocenters. The summed E-state index contributed by atoms with van der Waals surface area (Å²) in [5, 5.41) is 5.31. The summed E-state index contributed by atoms with van der Waals surface area (Å²) in [4.78, 5) is 21.7. The van der Waals surface area contributed by atoms with E-state index in [1.807, 2.05) is 15.6 Å². The van der Waals surface area contributed by atoms with Gasteiger partial charge in [0.2, 0.25) is 0 Å². The fraction of sp³-hybridized carbons (Fsp3) is 0.611. The van der Waals surface area contributed by atoms with E-state index in [0.29, 0.717) is 5.56 Å². The molecular formula is C18H25N5O. The highest BCUT2D eigenvalue weighted by Gasteiger charge is 2.28. The van der Waals surface area contributed by atoms with Crippen LogP contribution in [-0.4, -0.2) is 63.2 Å². The van der Waals surface area contributed by atoms with Gasteiger partial charge in [-0.2, -0.15) is 5.10 Å². The molecule has 0 spiro atoms. The van der Waals surface area contributed by atoms with Gasteiger partial charge < -0.3 is 4.90 Å². The monoisotopic (exact) mass is 327 g/mol. The zero-order chi connectivity index (χ0) is 16.7. The normalized spacial score (nSPS) is 19.4. The minimum Gasteiger partial charge on any atom is -0.336 e. The topological polar surface area (TPSA) is 54.3 Å². The molecule has 0 atom stereocenters. The Kier molecular flexibility index (Phi) is 4.00. The highest BCUT2D eigenvalue weighted by atomic mass is 16.2. The number of aromatic nitrogens is 3. The van der Waals surface area contributed by atoms with Crippen molar-refractivity contribution in [1.29, 1.82) is 0 Å². The Morgan fingerprint density at radius 3 is 2.62 bits per heavy atom. The Labute approximate surface area is 142 Å². The summed E-state index contributed by atoms with van der Waals surface area (Å²) < 4.78 is 1.89. The van der Waals surface area contributed by atoms with Crippen molar-refractivity contribution >= 4 is 16.9 Å². The van der Waals surface area contributed by atoms with E-state index >= 15 is 0 Å². The molecule has 0 bridgehead atoms. The predicted molar refractivity (Wildman–Crippen MR) is 93.0 cm³/mol. The van der Waals surface area contributed by atoms with Crippen molar-refractivity contribution in [2.24, 2.45) is 5.92 Å². The second-order valence-corrected chi connectivity index (χ2v) is 7.36. The first-order valence-corrected chi connectivity index (χ1v) is 8.96. The van der Waals surface area contributed by atoms with E-state index in [4.69, 9.17) is 0 Å².